The van der Waals surface area contributed by atoms with Gasteiger partial charge in [-0.15, -0.1) is 0 Å². The highest BCUT2D eigenvalue weighted by atomic mass is 15.3. The highest BCUT2D eigenvalue weighted by Gasteiger charge is 2.42. The molecule has 2 aromatic rings. The van der Waals surface area contributed by atoms with Gasteiger partial charge < -0.3 is 4.81 Å². The van der Waals surface area contributed by atoms with Gasteiger partial charge in [0.1, 0.15) is 0 Å². The van der Waals surface area contributed by atoms with Crippen LogP contribution < -0.4 is 14.8 Å². The third-order valence-electron chi connectivity index (χ3n) is 3.80. The van der Waals surface area contributed by atoms with Crippen molar-refractivity contribution in [3.05, 3.63) is 30.4 Å². The molecule has 0 fully saturated rings. The van der Waals surface area contributed by atoms with E-state index in [1.807, 2.05) is 6.20 Å². The van der Waals surface area contributed by atoms with Gasteiger partial charge in [-0.1, -0.05) is 12.9 Å². The second-order valence-electron chi connectivity index (χ2n) is 4.57. The Balaban J connectivity index is 2.16. The maximum absolute atomic E-state index is 4.50. The van der Waals surface area contributed by atoms with Crippen molar-refractivity contribution >= 4 is 18.1 Å². The van der Waals surface area contributed by atoms with E-state index in [1.165, 1.54) is 17.1 Å². The Morgan fingerprint density at radius 1 is 1.50 bits per heavy atom. The lowest BCUT2D eigenvalue weighted by molar-refractivity contribution is -0.673. The van der Waals surface area contributed by atoms with Crippen molar-refractivity contribution in [1.29, 1.82) is 0 Å². The fourth-order valence-corrected chi connectivity index (χ4v) is 2.80. The molecule has 2 aliphatic heterocycles. The molecule has 0 unspecified atom stereocenters. The van der Waals surface area contributed by atoms with Crippen LogP contribution in [0.3, 0.4) is 0 Å². The van der Waals surface area contributed by atoms with Gasteiger partial charge in [0.25, 0.3) is 12.7 Å². The molecule has 0 amide bonds. The smallest absolute Gasteiger partial charge is 0.298 e. The minimum atomic E-state index is 0.414. The average molecular weight is 211 g/mol. The molecule has 0 bridgehead atoms. The summed E-state index contributed by atoms with van der Waals surface area (Å²) < 4.78 is 4.56. The van der Waals surface area contributed by atoms with E-state index in [2.05, 4.69) is 51.1 Å². The molecule has 4 nitrogen and oxygen atoms in total. The van der Waals surface area contributed by atoms with Crippen LogP contribution in [0.2, 0.25) is 6.82 Å². The molecule has 2 aromatic heterocycles. The summed E-state index contributed by atoms with van der Waals surface area (Å²) in [6, 6.07) is 4.34. The number of anilines is 1. The van der Waals surface area contributed by atoms with Crippen molar-refractivity contribution in [2.45, 2.75) is 13.4 Å². The van der Waals surface area contributed by atoms with E-state index in [1.54, 1.807) is 0 Å². The Morgan fingerprint density at radius 2 is 2.38 bits per heavy atom. The van der Waals surface area contributed by atoms with Crippen LogP contribution >= 0.6 is 0 Å². The molecule has 0 saturated carbocycles. The van der Waals surface area contributed by atoms with Crippen molar-refractivity contribution in [3.8, 4) is 5.82 Å². The fourth-order valence-electron chi connectivity index (χ4n) is 2.80. The van der Waals surface area contributed by atoms with Gasteiger partial charge >= 0.3 is 0 Å². The first kappa shape index (κ1) is 8.39. The van der Waals surface area contributed by atoms with Crippen LogP contribution in [0, 0.1) is 0 Å². The lowest BCUT2D eigenvalue weighted by Gasteiger charge is -2.26. The molecule has 2 aliphatic rings. The van der Waals surface area contributed by atoms with E-state index in [4.69, 9.17) is 0 Å². The van der Waals surface area contributed by atoms with Crippen molar-refractivity contribution in [3.63, 3.8) is 0 Å². The zero-order valence-electron chi connectivity index (χ0n) is 9.38. The molecule has 4 heterocycles. The highest BCUT2D eigenvalue weighted by Crippen LogP contribution is 2.27. The second kappa shape index (κ2) is 2.48. The van der Waals surface area contributed by atoms with Gasteiger partial charge in [-0.25, -0.2) is 9.55 Å². The van der Waals surface area contributed by atoms with Crippen LogP contribution in [0.5, 0.6) is 0 Å². The lowest BCUT2D eigenvalue weighted by atomic mass is 9.56. The van der Waals surface area contributed by atoms with Gasteiger partial charge in [0.05, 0.1) is 12.4 Å². The summed E-state index contributed by atoms with van der Waals surface area (Å²) >= 11 is 0. The molecular weight excluding hydrogens is 199 g/mol. The molecule has 4 rings (SSSR count). The van der Waals surface area contributed by atoms with Gasteiger partial charge in [-0.2, -0.15) is 4.57 Å². The summed E-state index contributed by atoms with van der Waals surface area (Å²) in [6.45, 7) is 3.55. The minimum Gasteiger partial charge on any atom is -0.379 e. The number of rotatable bonds is 0. The molecule has 0 saturated heterocycles. The molecule has 0 aromatic carbocycles. The third-order valence-corrected chi connectivity index (χ3v) is 3.80. The van der Waals surface area contributed by atoms with Crippen LogP contribution in [-0.2, 0) is 6.54 Å². The summed E-state index contributed by atoms with van der Waals surface area (Å²) in [5.74, 6) is 3.64. The van der Waals surface area contributed by atoms with Crippen molar-refractivity contribution < 1.29 is 4.57 Å². The predicted octanol–water partition coefficient (Wildman–Crippen LogP) is -0.200. The Hall–Kier alpha value is -1.78. The SMILES string of the molecule is CB1c2ccc[n+]3c2-n2c(cnc2C3)N1C. The molecule has 0 N–H and O–H groups in total. The topological polar surface area (TPSA) is 24.9 Å². The number of hydrogen-bond acceptors (Lipinski definition) is 2. The first-order valence-electron chi connectivity index (χ1n) is 5.59. The summed E-state index contributed by atoms with van der Waals surface area (Å²) in [6.07, 6.45) is 4.11. The van der Waals surface area contributed by atoms with Gasteiger partial charge in [0.15, 0.2) is 6.54 Å². The quantitative estimate of drug-likeness (QED) is 0.380. The van der Waals surface area contributed by atoms with Crippen LogP contribution in [0.15, 0.2) is 24.5 Å². The highest BCUT2D eigenvalue weighted by molar-refractivity contribution is 6.76. The van der Waals surface area contributed by atoms with Crippen molar-refractivity contribution in [2.24, 2.45) is 0 Å². The standard InChI is InChI=1S/C11H12BN4/c1-12-8-4-3-5-15-7-9-13-6-10(14(12)2)16(9)11(8)15/h3-6H,7H2,1-2H3/q+1. The largest absolute Gasteiger partial charge is 0.379 e. The van der Waals surface area contributed by atoms with Gasteiger partial charge in [0, 0.05) is 5.46 Å². The van der Waals surface area contributed by atoms with Crippen LogP contribution in [0.25, 0.3) is 5.82 Å². The monoisotopic (exact) mass is 211 g/mol. The third kappa shape index (κ3) is 0.753. The number of pyridine rings is 1. The Morgan fingerprint density at radius 3 is 3.25 bits per heavy atom. The summed E-state index contributed by atoms with van der Waals surface area (Å²) in [5.41, 5.74) is 1.38. The maximum atomic E-state index is 4.50. The van der Waals surface area contributed by atoms with E-state index in [0.29, 0.717) is 6.85 Å². The number of hydrogen-bond donors (Lipinski definition) is 0. The molecule has 0 atom stereocenters. The zero-order chi connectivity index (χ0) is 10.9. The van der Waals surface area contributed by atoms with Crippen molar-refractivity contribution in [2.75, 3.05) is 11.9 Å². The fraction of sp³-hybridized carbons (Fsp3) is 0.273. The number of aromatic nitrogens is 3. The summed E-state index contributed by atoms with van der Waals surface area (Å²) in [7, 11) is 2.13. The first-order valence-corrected chi connectivity index (χ1v) is 5.59. The van der Waals surface area contributed by atoms with Crippen molar-refractivity contribution in [1.82, 2.24) is 9.55 Å². The van der Waals surface area contributed by atoms with Crippen LogP contribution in [-0.4, -0.2) is 23.4 Å². The molecule has 16 heavy (non-hydrogen) atoms. The first-order chi connectivity index (χ1) is 7.77. The van der Waals surface area contributed by atoms with Crippen LogP contribution in [0.1, 0.15) is 5.82 Å². The van der Waals surface area contributed by atoms with E-state index >= 15 is 0 Å². The maximum Gasteiger partial charge on any atom is 0.298 e. The molecule has 0 aliphatic carbocycles. The van der Waals surface area contributed by atoms with Gasteiger partial charge in [0.2, 0.25) is 11.6 Å². The average Bonchev–Trinajstić information content (AvgIpc) is 2.83. The zero-order valence-corrected chi connectivity index (χ0v) is 9.38. The number of imidazole rings is 1. The van der Waals surface area contributed by atoms with E-state index in [9.17, 15) is 0 Å². The molecule has 0 radical (unpaired) electrons. The van der Waals surface area contributed by atoms with E-state index in [-0.39, 0.29) is 0 Å². The van der Waals surface area contributed by atoms with Gasteiger partial charge in [-0.05, 0) is 13.1 Å². The van der Waals surface area contributed by atoms with Gasteiger partial charge in [-0.3, -0.25) is 0 Å². The minimum absolute atomic E-state index is 0.414. The summed E-state index contributed by atoms with van der Waals surface area (Å²) in [5, 5.41) is 0. The van der Waals surface area contributed by atoms with E-state index in [0.717, 1.165) is 12.4 Å². The van der Waals surface area contributed by atoms with E-state index < -0.39 is 0 Å². The summed E-state index contributed by atoms with van der Waals surface area (Å²) in [4.78, 5) is 6.79. The lowest BCUT2D eigenvalue weighted by Crippen LogP contribution is -2.53. The number of nitrogens with zero attached hydrogens (tertiary/aromatic N) is 4. The van der Waals surface area contributed by atoms with Crippen LogP contribution in [0.4, 0.5) is 5.82 Å². The normalized spacial score (nSPS) is 15.6. The Kier molecular flexibility index (Phi) is 1.30. The molecule has 78 valence electrons. The predicted molar refractivity (Wildman–Crippen MR) is 62.5 cm³/mol. The Bertz CT molecular complexity index is 604. The molecule has 0 spiro atoms. The molecular formula is C11H12BN4+. The second-order valence-corrected chi connectivity index (χ2v) is 4.57. The molecule has 5 heteroatoms. The Labute approximate surface area is 94.2 Å².